The molecule has 4 heterocycles. The van der Waals surface area contributed by atoms with Crippen LogP contribution in [0.1, 0.15) is 44.5 Å². The van der Waals surface area contributed by atoms with Gasteiger partial charge in [0.15, 0.2) is 0 Å². The lowest BCUT2D eigenvalue weighted by Crippen LogP contribution is -2.60. The molecule has 0 fully saturated rings. The first-order chi connectivity index (χ1) is 31.1. The largest absolute Gasteiger partial charge is 0.311 e. The Morgan fingerprint density at radius 2 is 0.688 bits per heavy atom. The number of para-hydroxylation sites is 2. The zero-order valence-electron chi connectivity index (χ0n) is 37.8. The maximum Gasteiger partial charge on any atom is 0.248 e. The highest BCUT2D eigenvalue weighted by atomic mass is 15.2. The second-order valence-corrected chi connectivity index (χ2v) is 19.6. The molecule has 4 aliphatic heterocycles. The minimum Gasteiger partial charge on any atom is -0.311 e. The summed E-state index contributed by atoms with van der Waals surface area (Å²) in [4.78, 5) is 5.16. The van der Waals surface area contributed by atoms with Crippen molar-refractivity contribution in [3.05, 3.63) is 178 Å². The molecule has 4 aliphatic rings. The predicted molar refractivity (Wildman–Crippen MR) is 278 cm³/mol. The Hall–Kier alpha value is -7.03. The highest BCUT2D eigenvalue weighted by molar-refractivity contribution is 7.02. The van der Waals surface area contributed by atoms with Crippen molar-refractivity contribution in [1.29, 1.82) is 0 Å². The van der Waals surface area contributed by atoms with Gasteiger partial charge in [0.2, 0.25) is 13.4 Å². The number of anilines is 6. The summed E-state index contributed by atoms with van der Waals surface area (Å²) >= 11 is 0. The SMILES string of the molecule is Cc1cc(C)c(N2c3ccccc3B3c4c(cccc42)-c2cc(C)c4cc5c6c(cc(C)c7cc3c2c4c76)-c2cccc3c2B5c2ccccc2N3c2c(C)cc(C)cc2C)c(C)c1. The molecule has 0 atom stereocenters. The van der Waals surface area contributed by atoms with Gasteiger partial charge in [-0.15, -0.1) is 0 Å². The van der Waals surface area contributed by atoms with Crippen LogP contribution in [-0.4, -0.2) is 13.4 Å². The number of benzene rings is 10. The average molecular weight is 817 g/mol. The Kier molecular flexibility index (Phi) is 7.04. The fourth-order valence-electron chi connectivity index (χ4n) is 13.7. The Morgan fingerprint density at radius 3 is 1.09 bits per heavy atom. The molecule has 4 heteroatoms. The highest BCUT2D eigenvalue weighted by Gasteiger charge is 2.45. The Bertz CT molecular complexity index is 3510. The van der Waals surface area contributed by atoms with Gasteiger partial charge in [-0.05, 0) is 189 Å². The summed E-state index contributed by atoms with van der Waals surface area (Å²) in [5, 5.41) is 8.49. The van der Waals surface area contributed by atoms with Gasteiger partial charge in [0.1, 0.15) is 0 Å². The molecule has 0 bridgehead atoms. The first-order valence-electron chi connectivity index (χ1n) is 23.1. The van der Waals surface area contributed by atoms with Gasteiger partial charge in [-0.25, -0.2) is 0 Å². The van der Waals surface area contributed by atoms with Crippen LogP contribution in [0.25, 0.3) is 54.6 Å². The van der Waals surface area contributed by atoms with Crippen molar-refractivity contribution in [1.82, 2.24) is 0 Å². The molecule has 0 spiro atoms. The van der Waals surface area contributed by atoms with Crippen LogP contribution in [0.2, 0.25) is 0 Å². The van der Waals surface area contributed by atoms with E-state index in [9.17, 15) is 0 Å². The lowest BCUT2D eigenvalue weighted by atomic mass is 9.31. The van der Waals surface area contributed by atoms with Crippen LogP contribution in [0, 0.1) is 55.4 Å². The number of rotatable bonds is 2. The first kappa shape index (κ1) is 36.5. The topological polar surface area (TPSA) is 6.48 Å². The van der Waals surface area contributed by atoms with Crippen LogP contribution < -0.4 is 42.6 Å². The van der Waals surface area contributed by atoms with E-state index in [0.29, 0.717) is 0 Å². The molecule has 10 aromatic rings. The fraction of sp³-hybridized carbons (Fsp3) is 0.133. The second-order valence-electron chi connectivity index (χ2n) is 19.6. The fourth-order valence-corrected chi connectivity index (χ4v) is 13.7. The van der Waals surface area contributed by atoms with Gasteiger partial charge in [0, 0.05) is 22.7 Å². The Morgan fingerprint density at radius 1 is 0.312 bits per heavy atom. The van der Waals surface area contributed by atoms with Crippen molar-refractivity contribution >= 4 is 113 Å². The normalized spacial score (nSPS) is 13.8. The van der Waals surface area contributed by atoms with Crippen LogP contribution in [-0.2, 0) is 0 Å². The molecule has 0 saturated heterocycles. The summed E-state index contributed by atoms with van der Waals surface area (Å²) in [5.41, 5.74) is 32.2. The van der Waals surface area contributed by atoms with E-state index in [1.165, 1.54) is 166 Å². The number of nitrogens with zero attached hydrogens (tertiary/aromatic N) is 2. The molecule has 0 radical (unpaired) electrons. The second kappa shape index (κ2) is 12.4. The summed E-state index contributed by atoms with van der Waals surface area (Å²) in [7, 11) is 0. The first-order valence-corrected chi connectivity index (χ1v) is 23.1. The van der Waals surface area contributed by atoms with Gasteiger partial charge in [-0.2, -0.15) is 0 Å². The van der Waals surface area contributed by atoms with Crippen molar-refractivity contribution in [3.63, 3.8) is 0 Å². The molecular formula is C60H46B2N2. The maximum atomic E-state index is 2.63. The molecule has 0 aromatic heterocycles. The van der Waals surface area contributed by atoms with Gasteiger partial charge in [0.25, 0.3) is 0 Å². The summed E-state index contributed by atoms with van der Waals surface area (Å²) in [6, 6.07) is 52.4. The van der Waals surface area contributed by atoms with Crippen molar-refractivity contribution in [2.24, 2.45) is 0 Å². The minimum atomic E-state index is 0.103. The van der Waals surface area contributed by atoms with Gasteiger partial charge in [-0.3, -0.25) is 0 Å². The molecular weight excluding hydrogens is 770 g/mol. The third kappa shape index (κ3) is 4.39. The summed E-state index contributed by atoms with van der Waals surface area (Å²) < 4.78 is 0. The quantitative estimate of drug-likeness (QED) is 0.127. The zero-order valence-corrected chi connectivity index (χ0v) is 37.8. The molecule has 64 heavy (non-hydrogen) atoms. The molecule has 0 aliphatic carbocycles. The molecule has 0 unspecified atom stereocenters. The van der Waals surface area contributed by atoms with E-state index in [0.717, 1.165) is 0 Å². The Balaban J connectivity index is 1.10. The third-order valence-electron chi connectivity index (χ3n) is 15.7. The van der Waals surface area contributed by atoms with Gasteiger partial charge in [0.05, 0.1) is 11.4 Å². The molecule has 0 N–H and O–H groups in total. The average Bonchev–Trinajstić information content (AvgIpc) is 3.27. The van der Waals surface area contributed by atoms with Crippen molar-refractivity contribution in [3.8, 4) is 22.3 Å². The van der Waals surface area contributed by atoms with Crippen LogP contribution in [0.4, 0.5) is 34.1 Å². The van der Waals surface area contributed by atoms with E-state index in [1.807, 2.05) is 0 Å². The number of hydrogen-bond acceptors (Lipinski definition) is 2. The molecule has 10 aromatic carbocycles. The van der Waals surface area contributed by atoms with E-state index in [-0.39, 0.29) is 13.4 Å². The van der Waals surface area contributed by atoms with E-state index < -0.39 is 0 Å². The lowest BCUT2D eigenvalue weighted by molar-refractivity contribution is 1.21. The van der Waals surface area contributed by atoms with Crippen LogP contribution >= 0.6 is 0 Å². The van der Waals surface area contributed by atoms with Gasteiger partial charge >= 0.3 is 0 Å². The van der Waals surface area contributed by atoms with E-state index in [1.54, 1.807) is 0 Å². The van der Waals surface area contributed by atoms with Crippen LogP contribution in [0.3, 0.4) is 0 Å². The van der Waals surface area contributed by atoms with Crippen molar-refractivity contribution in [2.45, 2.75) is 55.4 Å². The Labute approximate surface area is 376 Å². The lowest BCUT2D eigenvalue weighted by Gasteiger charge is -2.43. The predicted octanol–water partition coefficient (Wildman–Crippen LogP) is 11.6. The van der Waals surface area contributed by atoms with Crippen molar-refractivity contribution in [2.75, 3.05) is 9.80 Å². The molecule has 0 amide bonds. The van der Waals surface area contributed by atoms with E-state index in [2.05, 4.69) is 199 Å². The summed E-state index contributed by atoms with van der Waals surface area (Å²) in [6.45, 7) is 18.5. The minimum absolute atomic E-state index is 0.103. The van der Waals surface area contributed by atoms with E-state index >= 15 is 0 Å². The monoisotopic (exact) mass is 816 g/mol. The zero-order chi connectivity index (χ0) is 43.2. The number of hydrogen-bond donors (Lipinski definition) is 0. The third-order valence-corrected chi connectivity index (χ3v) is 15.7. The maximum absolute atomic E-state index is 2.63. The number of aryl methyl sites for hydroxylation is 8. The molecule has 14 rings (SSSR count). The number of fused-ring (bicyclic) bond motifs is 8. The molecule has 302 valence electrons. The highest BCUT2D eigenvalue weighted by Crippen LogP contribution is 2.50. The van der Waals surface area contributed by atoms with Gasteiger partial charge < -0.3 is 9.80 Å². The van der Waals surface area contributed by atoms with Crippen LogP contribution in [0.15, 0.2) is 133 Å². The molecule has 2 nitrogen and oxygen atoms in total. The van der Waals surface area contributed by atoms with E-state index in [4.69, 9.17) is 0 Å². The molecule has 0 saturated carbocycles. The standard InChI is InChI=1S/C60H46B2N2/c1-31-23-35(5)59(36(6)24-31)63-49-19-11-9-17-45(49)61-47-29-41-34(4)28-44-40-16-14-22-52-58(40)62(46-18-10-12-20-50(46)64(52)60-37(7)25-32(2)26-38(60)8)48-30-42-33(3)27-43(39-15-13-21-51(63)57(39)61)53(47)55(42)56(41)54(44)48/h9-30H,1-8H3. The van der Waals surface area contributed by atoms with Crippen LogP contribution in [0.5, 0.6) is 0 Å². The summed E-state index contributed by atoms with van der Waals surface area (Å²) in [5.74, 6) is 0. The van der Waals surface area contributed by atoms with Crippen molar-refractivity contribution < 1.29 is 0 Å². The smallest absolute Gasteiger partial charge is 0.248 e. The summed E-state index contributed by atoms with van der Waals surface area (Å²) in [6.07, 6.45) is 0. The van der Waals surface area contributed by atoms with Gasteiger partial charge in [-0.1, -0.05) is 131 Å².